The molecule has 2 aliphatic heterocycles. The predicted molar refractivity (Wildman–Crippen MR) is 98.4 cm³/mol. The van der Waals surface area contributed by atoms with Gasteiger partial charge in [0.25, 0.3) is 0 Å². The van der Waals surface area contributed by atoms with E-state index in [2.05, 4.69) is 18.2 Å². The van der Waals surface area contributed by atoms with Crippen LogP contribution in [0.5, 0.6) is 5.75 Å². The van der Waals surface area contributed by atoms with Crippen molar-refractivity contribution in [3.05, 3.63) is 101 Å². The first-order valence-corrected chi connectivity index (χ1v) is 8.72. The summed E-state index contributed by atoms with van der Waals surface area (Å²) in [5.41, 5.74) is 4.20. The summed E-state index contributed by atoms with van der Waals surface area (Å²) in [6.07, 6.45) is 0.457. The van der Waals surface area contributed by atoms with Crippen LogP contribution in [0.15, 0.2) is 84.0 Å². The summed E-state index contributed by atoms with van der Waals surface area (Å²) in [4.78, 5) is 0. The van der Waals surface area contributed by atoms with Crippen LogP contribution >= 0.6 is 0 Å². The third-order valence-electron chi connectivity index (χ3n) is 4.96. The van der Waals surface area contributed by atoms with Crippen molar-refractivity contribution in [3.63, 3.8) is 0 Å². The molecule has 2 heterocycles. The average molecular weight is 344 g/mol. The number of hydrogen-bond acceptors (Lipinski definition) is 3. The number of hydrogen-bond donors (Lipinski definition) is 0. The summed E-state index contributed by atoms with van der Waals surface area (Å²) in [5.74, 6) is 0.615. The van der Waals surface area contributed by atoms with Gasteiger partial charge in [-0.2, -0.15) is 5.10 Å². The highest BCUT2D eigenvalue weighted by atomic mass is 19.1. The third-order valence-corrected chi connectivity index (χ3v) is 4.96. The minimum Gasteiger partial charge on any atom is -0.464 e. The van der Waals surface area contributed by atoms with Crippen LogP contribution in [0.3, 0.4) is 0 Å². The Hall–Kier alpha value is -3.14. The zero-order valence-corrected chi connectivity index (χ0v) is 14.0. The average Bonchev–Trinajstić information content (AvgIpc) is 3.14. The fourth-order valence-electron chi connectivity index (χ4n) is 3.69. The summed E-state index contributed by atoms with van der Waals surface area (Å²) in [5, 5.41) is 6.90. The standard InChI is InChI=1S/C22H17FN2O/c23-17-12-10-16(11-13-17)22-25-20(18-8-4-5-9-21(18)26-22)14-19(24-25)15-6-2-1-3-7-15/h1-13,20,22H,14H2. The molecule has 0 spiro atoms. The maximum absolute atomic E-state index is 13.4. The van der Waals surface area contributed by atoms with Crippen LogP contribution in [0, 0.1) is 5.82 Å². The van der Waals surface area contributed by atoms with E-state index in [0.29, 0.717) is 0 Å². The first kappa shape index (κ1) is 15.1. The molecular weight excluding hydrogens is 327 g/mol. The van der Waals surface area contributed by atoms with Gasteiger partial charge in [-0.25, -0.2) is 9.40 Å². The van der Waals surface area contributed by atoms with Crippen LogP contribution in [-0.2, 0) is 0 Å². The molecule has 5 rings (SSSR count). The first-order chi connectivity index (χ1) is 12.8. The fourth-order valence-corrected chi connectivity index (χ4v) is 3.69. The van der Waals surface area contributed by atoms with Crippen LogP contribution in [0.1, 0.15) is 35.4 Å². The lowest BCUT2D eigenvalue weighted by atomic mass is 9.96. The molecule has 2 aliphatic rings. The van der Waals surface area contributed by atoms with Crippen LogP contribution in [0.2, 0.25) is 0 Å². The maximum atomic E-state index is 13.4. The summed E-state index contributed by atoms with van der Waals surface area (Å²) in [6.45, 7) is 0. The van der Waals surface area contributed by atoms with Crippen molar-refractivity contribution in [1.29, 1.82) is 0 Å². The summed E-state index contributed by atoms with van der Waals surface area (Å²) in [7, 11) is 0. The van der Waals surface area contributed by atoms with Gasteiger partial charge in [-0.1, -0.05) is 60.7 Å². The Labute approximate surface area is 151 Å². The number of benzene rings is 3. The fraction of sp³-hybridized carbons (Fsp3) is 0.136. The quantitative estimate of drug-likeness (QED) is 0.648. The number of nitrogens with zero attached hydrogens (tertiary/aromatic N) is 2. The molecule has 3 aromatic carbocycles. The topological polar surface area (TPSA) is 24.8 Å². The Morgan fingerprint density at radius 1 is 0.885 bits per heavy atom. The smallest absolute Gasteiger partial charge is 0.213 e. The van der Waals surface area contributed by atoms with Gasteiger partial charge in [0.2, 0.25) is 6.23 Å². The molecule has 2 atom stereocenters. The molecule has 0 radical (unpaired) electrons. The number of para-hydroxylation sites is 1. The molecule has 128 valence electrons. The Bertz CT molecular complexity index is 969. The molecule has 26 heavy (non-hydrogen) atoms. The highest BCUT2D eigenvalue weighted by molar-refractivity contribution is 6.01. The number of halogens is 1. The summed E-state index contributed by atoms with van der Waals surface area (Å²) < 4.78 is 19.6. The van der Waals surface area contributed by atoms with Gasteiger partial charge in [-0.3, -0.25) is 0 Å². The number of ether oxygens (including phenoxy) is 1. The number of fused-ring (bicyclic) bond motifs is 3. The second-order valence-corrected chi connectivity index (χ2v) is 6.57. The minimum atomic E-state index is -0.364. The zero-order valence-electron chi connectivity index (χ0n) is 14.0. The first-order valence-electron chi connectivity index (χ1n) is 8.72. The molecule has 0 N–H and O–H groups in total. The highest BCUT2D eigenvalue weighted by Crippen LogP contribution is 2.47. The largest absolute Gasteiger partial charge is 0.464 e. The summed E-state index contributed by atoms with van der Waals surface area (Å²) in [6, 6.07) is 24.9. The molecule has 0 aliphatic carbocycles. The van der Waals surface area contributed by atoms with E-state index in [4.69, 9.17) is 9.84 Å². The summed E-state index contributed by atoms with van der Waals surface area (Å²) >= 11 is 0. The van der Waals surface area contributed by atoms with Crippen LogP contribution in [0.25, 0.3) is 0 Å². The molecule has 4 heteroatoms. The highest BCUT2D eigenvalue weighted by Gasteiger charge is 2.40. The van der Waals surface area contributed by atoms with Crippen molar-refractivity contribution in [2.45, 2.75) is 18.7 Å². The molecule has 3 nitrogen and oxygen atoms in total. The zero-order chi connectivity index (χ0) is 17.5. The molecule has 0 aromatic heterocycles. The molecule has 0 saturated heterocycles. The van der Waals surface area contributed by atoms with Crippen molar-refractivity contribution in [2.24, 2.45) is 5.10 Å². The monoisotopic (exact) mass is 344 g/mol. The van der Waals surface area contributed by atoms with Gasteiger partial charge < -0.3 is 4.74 Å². The Kier molecular flexibility index (Phi) is 3.49. The van der Waals surface area contributed by atoms with Gasteiger partial charge in [-0.15, -0.1) is 0 Å². The van der Waals surface area contributed by atoms with E-state index in [1.54, 1.807) is 12.1 Å². The molecule has 3 aromatic rings. The van der Waals surface area contributed by atoms with E-state index >= 15 is 0 Å². The van der Waals surface area contributed by atoms with Gasteiger partial charge >= 0.3 is 0 Å². The van der Waals surface area contributed by atoms with Crippen molar-refractivity contribution in [2.75, 3.05) is 0 Å². The van der Waals surface area contributed by atoms with E-state index < -0.39 is 0 Å². The van der Waals surface area contributed by atoms with Gasteiger partial charge in [0.15, 0.2) is 0 Å². The SMILES string of the molecule is Fc1ccc(C2Oc3ccccc3C3CC(c4ccccc4)=NN32)cc1. The molecule has 0 fully saturated rings. The van der Waals surface area contributed by atoms with Gasteiger partial charge in [-0.05, 0) is 23.8 Å². The van der Waals surface area contributed by atoms with Crippen molar-refractivity contribution in [3.8, 4) is 5.75 Å². The number of hydrazone groups is 1. The Morgan fingerprint density at radius 2 is 1.62 bits per heavy atom. The van der Waals surface area contributed by atoms with E-state index in [9.17, 15) is 4.39 Å². The Balaban J connectivity index is 1.60. The lowest BCUT2D eigenvalue weighted by Crippen LogP contribution is -2.33. The lowest BCUT2D eigenvalue weighted by molar-refractivity contribution is -0.0190. The molecule has 0 bridgehead atoms. The van der Waals surface area contributed by atoms with Crippen LogP contribution in [0.4, 0.5) is 4.39 Å². The predicted octanol–water partition coefficient (Wildman–Crippen LogP) is 5.07. The maximum Gasteiger partial charge on any atom is 0.213 e. The van der Waals surface area contributed by atoms with Gasteiger partial charge in [0.1, 0.15) is 11.6 Å². The van der Waals surface area contributed by atoms with Crippen LogP contribution < -0.4 is 4.74 Å². The van der Waals surface area contributed by atoms with Crippen LogP contribution in [-0.4, -0.2) is 10.7 Å². The molecular formula is C22H17FN2O. The van der Waals surface area contributed by atoms with E-state index in [1.807, 2.05) is 41.4 Å². The van der Waals surface area contributed by atoms with E-state index in [-0.39, 0.29) is 18.1 Å². The third kappa shape index (κ3) is 2.46. The molecule has 0 amide bonds. The number of rotatable bonds is 2. The molecule has 2 unspecified atom stereocenters. The minimum absolute atomic E-state index is 0.116. The van der Waals surface area contributed by atoms with E-state index in [1.165, 1.54) is 12.1 Å². The van der Waals surface area contributed by atoms with Gasteiger partial charge in [0, 0.05) is 17.5 Å². The lowest BCUT2D eigenvalue weighted by Gasteiger charge is -2.38. The second-order valence-electron chi connectivity index (χ2n) is 6.57. The molecule has 0 saturated carbocycles. The van der Waals surface area contributed by atoms with Crippen molar-refractivity contribution < 1.29 is 9.13 Å². The normalized spacial score (nSPS) is 20.8. The Morgan fingerprint density at radius 3 is 2.42 bits per heavy atom. The second kappa shape index (κ2) is 5.99. The van der Waals surface area contributed by atoms with Gasteiger partial charge in [0.05, 0.1) is 11.8 Å². The van der Waals surface area contributed by atoms with Crippen molar-refractivity contribution in [1.82, 2.24) is 5.01 Å². The van der Waals surface area contributed by atoms with Crippen molar-refractivity contribution >= 4 is 5.71 Å². The van der Waals surface area contributed by atoms with E-state index in [0.717, 1.165) is 34.6 Å².